The first-order chi connectivity index (χ1) is 11.0. The smallest absolute Gasteiger partial charge is 0.354 e. The second kappa shape index (κ2) is 6.58. The molecule has 3 rings (SSSR count). The van der Waals surface area contributed by atoms with Crippen LogP contribution < -0.4 is 4.90 Å². The minimum atomic E-state index is -4.30. The Kier molecular flexibility index (Phi) is 4.52. The van der Waals surface area contributed by atoms with Crippen LogP contribution in [0.1, 0.15) is 11.1 Å². The molecule has 23 heavy (non-hydrogen) atoms. The fourth-order valence-electron chi connectivity index (χ4n) is 2.85. The first-order valence-corrected chi connectivity index (χ1v) is 7.57. The first-order valence-electron chi connectivity index (χ1n) is 7.57. The molecular weight excluding hydrogens is 303 g/mol. The molecule has 122 valence electrons. The Hall–Kier alpha value is -2.08. The Morgan fingerprint density at radius 3 is 2.26 bits per heavy atom. The fraction of sp³-hybridized carbons (Fsp3) is 0.353. The Morgan fingerprint density at radius 1 is 0.913 bits per heavy atom. The molecule has 1 saturated heterocycles. The summed E-state index contributed by atoms with van der Waals surface area (Å²) in [6, 6.07) is 11.6. The number of nitrogens with zero attached hydrogens (tertiary/aromatic N) is 3. The van der Waals surface area contributed by atoms with Gasteiger partial charge in [0.15, 0.2) is 0 Å². The number of piperazine rings is 1. The van der Waals surface area contributed by atoms with Crippen molar-refractivity contribution in [3.8, 4) is 0 Å². The highest BCUT2D eigenvalue weighted by atomic mass is 19.4. The van der Waals surface area contributed by atoms with Gasteiger partial charge in [0.2, 0.25) is 0 Å². The predicted octanol–water partition coefficient (Wildman–Crippen LogP) is 3.42. The van der Waals surface area contributed by atoms with Gasteiger partial charge in [0.05, 0.1) is 5.56 Å². The minimum Gasteiger partial charge on any atom is -0.354 e. The Balaban J connectivity index is 1.64. The van der Waals surface area contributed by atoms with Crippen molar-refractivity contribution in [1.29, 1.82) is 0 Å². The van der Waals surface area contributed by atoms with Crippen LogP contribution in [0.5, 0.6) is 0 Å². The van der Waals surface area contributed by atoms with E-state index in [0.29, 0.717) is 12.1 Å². The highest BCUT2D eigenvalue weighted by Gasteiger charge is 2.33. The number of pyridine rings is 1. The average molecular weight is 321 g/mol. The second-order valence-corrected chi connectivity index (χ2v) is 5.61. The summed E-state index contributed by atoms with van der Waals surface area (Å²) in [5, 5.41) is 0. The molecule has 1 aliphatic rings. The van der Waals surface area contributed by atoms with Gasteiger partial charge in [-0.25, -0.2) is 4.98 Å². The van der Waals surface area contributed by atoms with Crippen LogP contribution in [-0.2, 0) is 12.7 Å². The van der Waals surface area contributed by atoms with Gasteiger partial charge in [0, 0.05) is 38.9 Å². The number of anilines is 1. The van der Waals surface area contributed by atoms with Crippen LogP contribution in [0.15, 0.2) is 48.7 Å². The Morgan fingerprint density at radius 2 is 1.61 bits per heavy atom. The van der Waals surface area contributed by atoms with Crippen LogP contribution >= 0.6 is 0 Å². The van der Waals surface area contributed by atoms with E-state index in [9.17, 15) is 13.2 Å². The molecule has 1 aromatic heterocycles. The maximum Gasteiger partial charge on any atom is 0.416 e. The van der Waals surface area contributed by atoms with Crippen molar-refractivity contribution >= 4 is 5.82 Å². The summed E-state index contributed by atoms with van der Waals surface area (Å²) in [5.41, 5.74) is -0.196. The molecule has 0 saturated carbocycles. The molecule has 0 N–H and O–H groups in total. The van der Waals surface area contributed by atoms with Crippen LogP contribution in [0.25, 0.3) is 0 Å². The zero-order chi connectivity index (χ0) is 16.3. The van der Waals surface area contributed by atoms with E-state index < -0.39 is 11.7 Å². The predicted molar refractivity (Wildman–Crippen MR) is 83.2 cm³/mol. The van der Waals surface area contributed by atoms with Gasteiger partial charge in [-0.2, -0.15) is 13.2 Å². The molecule has 6 heteroatoms. The molecule has 1 aliphatic heterocycles. The first kappa shape index (κ1) is 15.8. The van der Waals surface area contributed by atoms with Gasteiger partial charge in [-0.3, -0.25) is 4.90 Å². The SMILES string of the molecule is FC(F)(F)c1ccccc1CN1CCN(c2ccccn2)CC1. The molecule has 0 spiro atoms. The number of alkyl halides is 3. The monoisotopic (exact) mass is 321 g/mol. The summed E-state index contributed by atoms with van der Waals surface area (Å²) in [6.45, 7) is 3.31. The van der Waals surface area contributed by atoms with E-state index in [1.807, 2.05) is 18.2 Å². The van der Waals surface area contributed by atoms with Crippen LogP contribution in [0.4, 0.5) is 19.0 Å². The third-order valence-electron chi connectivity index (χ3n) is 4.06. The van der Waals surface area contributed by atoms with Crippen molar-refractivity contribution in [2.45, 2.75) is 12.7 Å². The highest BCUT2D eigenvalue weighted by Crippen LogP contribution is 2.32. The van der Waals surface area contributed by atoms with Gasteiger partial charge >= 0.3 is 6.18 Å². The maximum atomic E-state index is 13.1. The summed E-state index contributed by atoms with van der Waals surface area (Å²) >= 11 is 0. The van der Waals surface area contributed by atoms with Gasteiger partial charge in [-0.15, -0.1) is 0 Å². The van der Waals surface area contributed by atoms with Crippen LogP contribution in [0, 0.1) is 0 Å². The summed E-state index contributed by atoms with van der Waals surface area (Å²) < 4.78 is 39.2. The van der Waals surface area contributed by atoms with E-state index in [0.717, 1.165) is 38.1 Å². The number of halogens is 3. The molecule has 3 nitrogen and oxygen atoms in total. The molecule has 2 heterocycles. The summed E-state index contributed by atoms with van der Waals surface area (Å²) in [5.74, 6) is 0.919. The molecule has 0 amide bonds. The summed E-state index contributed by atoms with van der Waals surface area (Å²) in [6.07, 6.45) is -2.55. The fourth-order valence-corrected chi connectivity index (χ4v) is 2.85. The lowest BCUT2D eigenvalue weighted by Gasteiger charge is -2.35. The zero-order valence-corrected chi connectivity index (χ0v) is 12.6. The molecular formula is C17H18F3N3. The van der Waals surface area contributed by atoms with Gasteiger partial charge in [0.1, 0.15) is 5.82 Å². The van der Waals surface area contributed by atoms with Gasteiger partial charge in [-0.05, 0) is 23.8 Å². The number of aromatic nitrogens is 1. The average Bonchev–Trinajstić information content (AvgIpc) is 2.56. The largest absolute Gasteiger partial charge is 0.416 e. The summed E-state index contributed by atoms with van der Waals surface area (Å²) in [4.78, 5) is 8.53. The maximum absolute atomic E-state index is 13.1. The normalized spacial score (nSPS) is 16.6. The molecule has 1 fully saturated rings. The number of benzene rings is 1. The van der Waals surface area contributed by atoms with Crippen molar-refractivity contribution in [2.75, 3.05) is 31.1 Å². The van der Waals surface area contributed by atoms with Crippen molar-refractivity contribution in [2.24, 2.45) is 0 Å². The zero-order valence-electron chi connectivity index (χ0n) is 12.6. The Bertz CT molecular complexity index is 635. The van der Waals surface area contributed by atoms with Crippen molar-refractivity contribution in [1.82, 2.24) is 9.88 Å². The molecule has 0 atom stereocenters. The third-order valence-corrected chi connectivity index (χ3v) is 4.06. The molecule has 1 aromatic carbocycles. The molecule has 0 bridgehead atoms. The number of rotatable bonds is 3. The van der Waals surface area contributed by atoms with Crippen molar-refractivity contribution in [3.63, 3.8) is 0 Å². The third kappa shape index (κ3) is 3.82. The van der Waals surface area contributed by atoms with E-state index in [2.05, 4.69) is 14.8 Å². The lowest BCUT2D eigenvalue weighted by molar-refractivity contribution is -0.138. The highest BCUT2D eigenvalue weighted by molar-refractivity contribution is 5.38. The quantitative estimate of drug-likeness (QED) is 0.863. The minimum absolute atomic E-state index is 0.325. The standard InChI is InChI=1S/C17H18F3N3/c18-17(19,20)15-6-2-1-5-14(15)13-22-9-11-23(12-10-22)16-7-3-4-8-21-16/h1-8H,9-13H2. The van der Waals surface area contributed by atoms with Gasteiger partial charge in [0.25, 0.3) is 0 Å². The van der Waals surface area contributed by atoms with E-state index >= 15 is 0 Å². The lowest BCUT2D eigenvalue weighted by Crippen LogP contribution is -2.46. The topological polar surface area (TPSA) is 19.4 Å². The van der Waals surface area contributed by atoms with Gasteiger partial charge < -0.3 is 4.90 Å². The van der Waals surface area contributed by atoms with E-state index in [1.165, 1.54) is 6.07 Å². The summed E-state index contributed by atoms with van der Waals surface area (Å²) in [7, 11) is 0. The van der Waals surface area contributed by atoms with E-state index in [-0.39, 0.29) is 0 Å². The van der Waals surface area contributed by atoms with Crippen LogP contribution in [-0.4, -0.2) is 36.1 Å². The van der Waals surface area contributed by atoms with Crippen LogP contribution in [0.2, 0.25) is 0 Å². The van der Waals surface area contributed by atoms with Gasteiger partial charge in [-0.1, -0.05) is 24.3 Å². The van der Waals surface area contributed by atoms with Crippen LogP contribution in [0.3, 0.4) is 0 Å². The number of hydrogen-bond acceptors (Lipinski definition) is 3. The molecule has 0 radical (unpaired) electrons. The lowest BCUT2D eigenvalue weighted by atomic mass is 10.1. The number of hydrogen-bond donors (Lipinski definition) is 0. The molecule has 0 aliphatic carbocycles. The van der Waals surface area contributed by atoms with E-state index in [4.69, 9.17) is 0 Å². The van der Waals surface area contributed by atoms with E-state index in [1.54, 1.807) is 18.3 Å². The second-order valence-electron chi connectivity index (χ2n) is 5.61. The molecule has 0 unspecified atom stereocenters. The van der Waals surface area contributed by atoms with Crippen molar-refractivity contribution < 1.29 is 13.2 Å². The van der Waals surface area contributed by atoms with Crippen molar-refractivity contribution in [3.05, 3.63) is 59.8 Å². The Labute approximate surface area is 133 Å². The molecule has 2 aromatic rings.